The number of hydrogen-bond donors (Lipinski definition) is 3. The van der Waals surface area contributed by atoms with Crippen LogP contribution in [-0.4, -0.2) is 24.4 Å². The van der Waals surface area contributed by atoms with E-state index in [9.17, 15) is 8.42 Å². The summed E-state index contributed by atoms with van der Waals surface area (Å²) in [5, 5.41) is 0. The van der Waals surface area contributed by atoms with Crippen molar-refractivity contribution in [2.24, 2.45) is 5.84 Å². The van der Waals surface area contributed by atoms with Crippen LogP contribution in [0, 0.1) is 0 Å². The standard InChI is InChI=1S/C13H15N5O2S/c14-17-13-15-7-10(8-16-13)21(19,20)18-12-6-11(12)9-4-2-1-3-5-9/h1-5,7-8,11-12,18H,6,14H2,(H,15,16,17). The Labute approximate surface area is 122 Å². The lowest BCUT2D eigenvalue weighted by molar-refractivity contribution is 0.579. The molecule has 0 spiro atoms. The second-order valence-corrected chi connectivity index (χ2v) is 6.58. The van der Waals surface area contributed by atoms with Crippen LogP contribution in [0.4, 0.5) is 5.95 Å². The van der Waals surface area contributed by atoms with E-state index in [0.29, 0.717) is 0 Å². The first-order valence-electron chi connectivity index (χ1n) is 6.46. The number of nitrogens with zero attached hydrogens (tertiary/aromatic N) is 2. The minimum absolute atomic E-state index is 0.0280. The number of rotatable bonds is 5. The Morgan fingerprint density at radius 1 is 1.14 bits per heavy atom. The van der Waals surface area contributed by atoms with Gasteiger partial charge < -0.3 is 0 Å². The van der Waals surface area contributed by atoms with Gasteiger partial charge in [-0.25, -0.2) is 29.0 Å². The molecule has 0 aliphatic heterocycles. The van der Waals surface area contributed by atoms with Crippen molar-refractivity contribution in [1.29, 1.82) is 0 Å². The molecule has 2 unspecified atom stereocenters. The molecule has 2 atom stereocenters. The zero-order valence-electron chi connectivity index (χ0n) is 11.1. The SMILES string of the molecule is NNc1ncc(S(=O)(=O)NC2CC2c2ccccc2)cn1. The van der Waals surface area contributed by atoms with E-state index in [-0.39, 0.29) is 22.8 Å². The monoisotopic (exact) mass is 305 g/mol. The van der Waals surface area contributed by atoms with Gasteiger partial charge in [0, 0.05) is 12.0 Å². The first-order valence-corrected chi connectivity index (χ1v) is 7.94. The summed E-state index contributed by atoms with van der Waals surface area (Å²) >= 11 is 0. The third-order valence-electron chi connectivity index (χ3n) is 3.39. The molecule has 1 aromatic carbocycles. The van der Waals surface area contributed by atoms with Gasteiger partial charge in [-0.1, -0.05) is 30.3 Å². The Hall–Kier alpha value is -2.03. The topological polar surface area (TPSA) is 110 Å². The highest BCUT2D eigenvalue weighted by Gasteiger charge is 2.41. The maximum Gasteiger partial charge on any atom is 0.243 e. The van der Waals surface area contributed by atoms with Gasteiger partial charge >= 0.3 is 0 Å². The first kappa shape index (κ1) is 13.9. The van der Waals surface area contributed by atoms with E-state index >= 15 is 0 Å². The Balaban J connectivity index is 1.70. The van der Waals surface area contributed by atoms with E-state index in [4.69, 9.17) is 5.84 Å². The largest absolute Gasteiger partial charge is 0.292 e. The highest BCUT2D eigenvalue weighted by molar-refractivity contribution is 7.89. The predicted octanol–water partition coefficient (Wildman–Crippen LogP) is 0.597. The Morgan fingerprint density at radius 2 is 1.81 bits per heavy atom. The van der Waals surface area contributed by atoms with Gasteiger partial charge in [0.2, 0.25) is 16.0 Å². The lowest BCUT2D eigenvalue weighted by atomic mass is 10.1. The Bertz CT molecular complexity index is 718. The highest BCUT2D eigenvalue weighted by Crippen LogP contribution is 2.41. The molecule has 1 aromatic heterocycles. The second kappa shape index (κ2) is 5.40. The summed E-state index contributed by atoms with van der Waals surface area (Å²) in [7, 11) is -3.61. The zero-order valence-corrected chi connectivity index (χ0v) is 11.9. The molecule has 0 bridgehead atoms. The van der Waals surface area contributed by atoms with Crippen LogP contribution in [-0.2, 0) is 10.0 Å². The normalized spacial score (nSPS) is 21.0. The van der Waals surface area contributed by atoms with E-state index in [1.54, 1.807) is 0 Å². The second-order valence-electron chi connectivity index (χ2n) is 4.87. The molecule has 1 aliphatic rings. The van der Waals surface area contributed by atoms with Crippen molar-refractivity contribution >= 4 is 16.0 Å². The molecule has 1 aliphatic carbocycles. The van der Waals surface area contributed by atoms with Gasteiger partial charge in [-0.3, -0.25) is 5.43 Å². The molecule has 4 N–H and O–H groups in total. The van der Waals surface area contributed by atoms with Crippen LogP contribution in [0.3, 0.4) is 0 Å². The molecular weight excluding hydrogens is 290 g/mol. The molecule has 21 heavy (non-hydrogen) atoms. The maximum absolute atomic E-state index is 12.2. The van der Waals surface area contributed by atoms with Crippen molar-refractivity contribution in [2.75, 3.05) is 5.43 Å². The van der Waals surface area contributed by atoms with Gasteiger partial charge in [0.15, 0.2) is 0 Å². The number of nitrogens with one attached hydrogen (secondary N) is 2. The number of hydrogen-bond acceptors (Lipinski definition) is 6. The van der Waals surface area contributed by atoms with E-state index < -0.39 is 10.0 Å². The predicted molar refractivity (Wildman–Crippen MR) is 77.8 cm³/mol. The van der Waals surface area contributed by atoms with Crippen molar-refractivity contribution in [3.05, 3.63) is 48.3 Å². The van der Waals surface area contributed by atoms with Gasteiger partial charge in [0.25, 0.3) is 0 Å². The van der Waals surface area contributed by atoms with E-state index in [2.05, 4.69) is 20.1 Å². The molecule has 0 amide bonds. The molecule has 1 saturated carbocycles. The molecule has 110 valence electrons. The summed E-state index contributed by atoms with van der Waals surface area (Å²) in [5.41, 5.74) is 3.39. The van der Waals surface area contributed by atoms with Crippen LogP contribution in [0.25, 0.3) is 0 Å². The molecule has 0 saturated heterocycles. The fourth-order valence-electron chi connectivity index (χ4n) is 2.19. The molecule has 1 fully saturated rings. The van der Waals surface area contributed by atoms with Crippen LogP contribution >= 0.6 is 0 Å². The van der Waals surface area contributed by atoms with Crippen molar-refractivity contribution in [2.45, 2.75) is 23.3 Å². The number of benzene rings is 1. The van der Waals surface area contributed by atoms with E-state index in [1.165, 1.54) is 12.4 Å². The van der Waals surface area contributed by atoms with Gasteiger partial charge in [-0.15, -0.1) is 0 Å². The minimum atomic E-state index is -3.61. The average molecular weight is 305 g/mol. The van der Waals surface area contributed by atoms with Crippen LogP contribution in [0.1, 0.15) is 17.9 Å². The summed E-state index contributed by atoms with van der Waals surface area (Å²) in [6, 6.07) is 9.77. The van der Waals surface area contributed by atoms with Crippen molar-refractivity contribution in [1.82, 2.24) is 14.7 Å². The van der Waals surface area contributed by atoms with Gasteiger partial charge in [-0.2, -0.15) is 0 Å². The maximum atomic E-state index is 12.2. The lowest BCUT2D eigenvalue weighted by Gasteiger charge is -2.06. The third kappa shape index (κ3) is 3.02. The fraction of sp³-hybridized carbons (Fsp3) is 0.231. The number of sulfonamides is 1. The molecule has 3 rings (SSSR count). The number of nitrogen functional groups attached to an aromatic ring is 1. The highest BCUT2D eigenvalue weighted by atomic mass is 32.2. The van der Waals surface area contributed by atoms with E-state index in [1.807, 2.05) is 30.3 Å². The first-order chi connectivity index (χ1) is 10.1. The van der Waals surface area contributed by atoms with Gasteiger partial charge in [-0.05, 0) is 12.0 Å². The van der Waals surface area contributed by atoms with Crippen LogP contribution in [0.15, 0.2) is 47.6 Å². The third-order valence-corrected chi connectivity index (χ3v) is 4.84. The molecule has 0 radical (unpaired) electrons. The van der Waals surface area contributed by atoms with Crippen molar-refractivity contribution < 1.29 is 8.42 Å². The molecule has 8 heteroatoms. The van der Waals surface area contributed by atoms with Crippen molar-refractivity contribution in [3.8, 4) is 0 Å². The summed E-state index contributed by atoms with van der Waals surface area (Å²) in [5.74, 6) is 5.54. The number of aromatic nitrogens is 2. The minimum Gasteiger partial charge on any atom is -0.292 e. The number of anilines is 1. The number of hydrazine groups is 1. The van der Waals surface area contributed by atoms with E-state index in [0.717, 1.165) is 12.0 Å². The van der Waals surface area contributed by atoms with Crippen LogP contribution in [0.2, 0.25) is 0 Å². The van der Waals surface area contributed by atoms with Crippen molar-refractivity contribution in [3.63, 3.8) is 0 Å². The summed E-state index contributed by atoms with van der Waals surface area (Å²) < 4.78 is 27.1. The molecular formula is C13H15N5O2S. The van der Waals surface area contributed by atoms with Crippen LogP contribution < -0.4 is 16.0 Å². The Morgan fingerprint density at radius 3 is 2.43 bits per heavy atom. The van der Waals surface area contributed by atoms with Gasteiger partial charge in [0.1, 0.15) is 4.90 Å². The summed E-state index contributed by atoms with van der Waals surface area (Å²) in [4.78, 5) is 7.63. The quantitative estimate of drug-likeness (QED) is 0.551. The summed E-state index contributed by atoms with van der Waals surface area (Å²) in [6.07, 6.45) is 3.25. The zero-order chi connectivity index (χ0) is 14.9. The fourth-order valence-corrected chi connectivity index (χ4v) is 3.37. The molecule has 2 aromatic rings. The smallest absolute Gasteiger partial charge is 0.243 e. The molecule has 1 heterocycles. The van der Waals surface area contributed by atoms with Crippen LogP contribution in [0.5, 0.6) is 0 Å². The molecule has 7 nitrogen and oxygen atoms in total. The lowest BCUT2D eigenvalue weighted by Crippen LogP contribution is -2.27. The summed E-state index contributed by atoms with van der Waals surface area (Å²) in [6.45, 7) is 0. The Kier molecular flexibility index (Phi) is 3.58. The van der Waals surface area contributed by atoms with Gasteiger partial charge in [0.05, 0.1) is 12.4 Å². The average Bonchev–Trinajstić information content (AvgIpc) is 3.26. The number of nitrogens with two attached hydrogens (primary N) is 1.